The van der Waals surface area contributed by atoms with Crippen molar-refractivity contribution in [1.82, 2.24) is 0 Å². The van der Waals surface area contributed by atoms with Gasteiger partial charge in [0.2, 0.25) is 11.4 Å². The molecule has 1 spiro atoms. The highest BCUT2D eigenvalue weighted by atomic mass is 15.3. The fraction of sp³-hybridized carbons (Fsp3) is 0.152. The van der Waals surface area contributed by atoms with Crippen LogP contribution in [0, 0.1) is 0 Å². The lowest BCUT2D eigenvalue weighted by molar-refractivity contribution is -0.968. The van der Waals surface area contributed by atoms with E-state index in [4.69, 9.17) is 0 Å². The molecule has 2 atom stereocenters. The number of pyridine rings is 2. The molecule has 5 aromatic rings. The van der Waals surface area contributed by atoms with E-state index < -0.39 is 0 Å². The van der Waals surface area contributed by atoms with Crippen molar-refractivity contribution in [3.05, 3.63) is 153 Å². The Bertz CT molecular complexity index is 1830. The average Bonchev–Trinajstić information content (AvgIpc) is 3.20. The van der Waals surface area contributed by atoms with Crippen molar-refractivity contribution < 1.29 is 9.13 Å². The van der Waals surface area contributed by atoms with E-state index in [0.717, 1.165) is 19.3 Å². The number of hydrogen-bond donors (Lipinski definition) is 0. The molecule has 0 N–H and O–H groups in total. The van der Waals surface area contributed by atoms with Gasteiger partial charge in [0.15, 0.2) is 12.4 Å². The van der Waals surface area contributed by atoms with Crippen molar-refractivity contribution in [2.75, 3.05) is 0 Å². The maximum atomic E-state index is 2.69. The molecule has 2 nitrogen and oxygen atoms in total. The smallest absolute Gasteiger partial charge is 0.129 e. The van der Waals surface area contributed by atoms with Gasteiger partial charge in [-0.25, -0.2) is 0 Å². The maximum absolute atomic E-state index is 2.69. The fourth-order valence-electron chi connectivity index (χ4n) is 8.49. The summed E-state index contributed by atoms with van der Waals surface area (Å²) < 4.78 is 5.28. The zero-order valence-electron chi connectivity index (χ0n) is 19.3. The summed E-state index contributed by atoms with van der Waals surface area (Å²) in [7, 11) is 0. The second kappa shape index (κ2) is 5.44. The largest absolute Gasteiger partial charge is 0.417 e. The predicted octanol–water partition coefficient (Wildman–Crippen LogP) is 4.75. The van der Waals surface area contributed by atoms with Crippen molar-refractivity contribution in [3.63, 3.8) is 0 Å². The lowest BCUT2D eigenvalue weighted by atomic mass is 9.61. The molecule has 0 saturated heterocycles. The Hall–Kier alpha value is -4.04. The summed E-state index contributed by atoms with van der Waals surface area (Å²) in [4.78, 5) is 0. The van der Waals surface area contributed by atoms with E-state index in [-0.39, 0.29) is 5.66 Å². The summed E-state index contributed by atoms with van der Waals surface area (Å²) in [5, 5.41) is 0. The predicted molar refractivity (Wildman–Crippen MR) is 133 cm³/mol. The number of fused-ring (bicyclic) bond motifs is 2. The standard InChI is InChI=1S/C33H22N2/c1-2-14-34-26(11-1)25-10-4-8-22-18-23-13-12-21-16-19-6-3-7-20-17-24-9-5-15-35-32(24)29(27(19)20)28(21)31(23)33(34,35)30(22)25/h1-15,29H,16-18H2/q+2. The molecule has 3 aliphatic carbocycles. The van der Waals surface area contributed by atoms with Crippen LogP contribution in [0.2, 0.25) is 0 Å². The van der Waals surface area contributed by atoms with E-state index >= 15 is 0 Å². The van der Waals surface area contributed by atoms with Gasteiger partial charge in [-0.2, -0.15) is 0 Å². The number of aromatic nitrogens is 2. The molecule has 2 unspecified atom stereocenters. The monoisotopic (exact) mass is 446 g/mol. The minimum absolute atomic E-state index is 0.331. The minimum Gasteiger partial charge on any atom is -0.129 e. The van der Waals surface area contributed by atoms with E-state index in [2.05, 4.69) is 100 Å². The average molecular weight is 447 g/mol. The van der Waals surface area contributed by atoms with E-state index in [1.165, 1.54) is 55.9 Å². The zero-order valence-corrected chi connectivity index (χ0v) is 19.3. The van der Waals surface area contributed by atoms with Crippen molar-refractivity contribution in [2.24, 2.45) is 0 Å². The molecule has 3 aromatic carbocycles. The lowest BCUT2D eigenvalue weighted by Gasteiger charge is -2.43. The van der Waals surface area contributed by atoms with Crippen LogP contribution in [0.1, 0.15) is 67.2 Å². The van der Waals surface area contributed by atoms with E-state index in [0.29, 0.717) is 5.92 Å². The van der Waals surface area contributed by atoms with Crippen molar-refractivity contribution in [3.8, 4) is 11.3 Å². The quantitative estimate of drug-likeness (QED) is 0.297. The van der Waals surface area contributed by atoms with Gasteiger partial charge in [0.25, 0.3) is 0 Å². The summed E-state index contributed by atoms with van der Waals surface area (Å²) in [6.07, 6.45) is 7.78. The molecule has 0 bridgehead atoms. The highest BCUT2D eigenvalue weighted by Gasteiger charge is 2.69. The first kappa shape index (κ1) is 17.4. The Balaban J connectivity index is 1.49. The molecule has 0 radical (unpaired) electrons. The van der Waals surface area contributed by atoms with Gasteiger partial charge in [-0.1, -0.05) is 42.5 Å². The summed E-state index contributed by atoms with van der Waals surface area (Å²) in [6, 6.07) is 30.3. The molecule has 35 heavy (non-hydrogen) atoms. The second-order valence-corrected chi connectivity index (χ2v) is 10.9. The van der Waals surface area contributed by atoms with E-state index in [1.54, 1.807) is 16.7 Å². The molecule has 2 heteroatoms. The molecule has 5 aliphatic rings. The first-order chi connectivity index (χ1) is 17.4. The van der Waals surface area contributed by atoms with Crippen LogP contribution in [-0.4, -0.2) is 0 Å². The summed E-state index contributed by atoms with van der Waals surface area (Å²) >= 11 is 0. The van der Waals surface area contributed by atoms with Gasteiger partial charge in [0, 0.05) is 30.2 Å². The number of hydrogen-bond acceptors (Lipinski definition) is 0. The van der Waals surface area contributed by atoms with Crippen molar-refractivity contribution >= 4 is 0 Å². The van der Waals surface area contributed by atoms with Gasteiger partial charge in [-0.05, 0) is 70.0 Å². The third kappa shape index (κ3) is 1.68. The van der Waals surface area contributed by atoms with Gasteiger partial charge in [0.1, 0.15) is 11.1 Å². The zero-order chi connectivity index (χ0) is 22.5. The number of rotatable bonds is 0. The van der Waals surface area contributed by atoms with Crippen LogP contribution in [0.4, 0.5) is 0 Å². The Morgan fingerprint density at radius 1 is 0.543 bits per heavy atom. The van der Waals surface area contributed by atoms with Crippen LogP contribution in [0.25, 0.3) is 11.3 Å². The molecule has 2 aliphatic heterocycles. The lowest BCUT2D eigenvalue weighted by Crippen LogP contribution is -2.77. The molecular formula is C33H22N2+2. The van der Waals surface area contributed by atoms with Gasteiger partial charge in [-0.3, -0.25) is 0 Å². The molecule has 10 rings (SSSR count). The maximum Gasteiger partial charge on any atom is 0.417 e. The molecule has 2 aromatic heterocycles. The van der Waals surface area contributed by atoms with Crippen molar-refractivity contribution in [1.29, 1.82) is 0 Å². The highest BCUT2D eigenvalue weighted by Crippen LogP contribution is 2.57. The molecule has 0 amide bonds. The molecule has 0 fully saturated rings. The number of benzene rings is 3. The van der Waals surface area contributed by atoms with Gasteiger partial charge < -0.3 is 0 Å². The van der Waals surface area contributed by atoms with Crippen LogP contribution < -0.4 is 9.13 Å². The molecular weight excluding hydrogens is 424 g/mol. The highest BCUT2D eigenvalue weighted by molar-refractivity contribution is 5.75. The SMILES string of the molecule is c1cc2c3c(c1)Cc1ccc[n+]4c1C3c1c(ccc3c1C41c4c(cccc4-c4cccc[n+]41)C3)C2. The van der Waals surface area contributed by atoms with Gasteiger partial charge in [-0.15, -0.1) is 9.13 Å². The summed E-state index contributed by atoms with van der Waals surface area (Å²) in [5.41, 5.74) is 19.1. The molecule has 0 saturated carbocycles. The van der Waals surface area contributed by atoms with Gasteiger partial charge in [0.05, 0.1) is 11.5 Å². The summed E-state index contributed by atoms with van der Waals surface area (Å²) in [6.45, 7) is 0. The van der Waals surface area contributed by atoms with Gasteiger partial charge >= 0.3 is 5.66 Å². The second-order valence-electron chi connectivity index (χ2n) is 10.9. The Kier molecular flexibility index (Phi) is 2.71. The Morgan fingerprint density at radius 3 is 2.17 bits per heavy atom. The first-order valence-corrected chi connectivity index (χ1v) is 12.8. The first-order valence-electron chi connectivity index (χ1n) is 12.8. The number of nitrogens with zero attached hydrogens (tertiary/aromatic N) is 2. The third-order valence-corrected chi connectivity index (χ3v) is 9.50. The fourth-order valence-corrected chi connectivity index (χ4v) is 8.49. The van der Waals surface area contributed by atoms with Crippen LogP contribution in [0.3, 0.4) is 0 Å². The minimum atomic E-state index is -0.354. The third-order valence-electron chi connectivity index (χ3n) is 9.50. The molecule has 162 valence electrons. The van der Waals surface area contributed by atoms with E-state index in [1.807, 2.05) is 0 Å². The normalized spacial score (nSPS) is 21.8. The van der Waals surface area contributed by atoms with Crippen molar-refractivity contribution in [2.45, 2.75) is 30.8 Å². The summed E-state index contributed by atoms with van der Waals surface area (Å²) in [5.74, 6) is 0.331. The molecule has 4 heterocycles. The topological polar surface area (TPSA) is 7.76 Å². The Morgan fingerprint density at radius 2 is 1.23 bits per heavy atom. The van der Waals surface area contributed by atoms with Crippen LogP contribution >= 0.6 is 0 Å². The Labute approximate surface area is 203 Å². The van der Waals surface area contributed by atoms with E-state index in [9.17, 15) is 0 Å². The van der Waals surface area contributed by atoms with Crippen LogP contribution in [0.15, 0.2) is 91.3 Å². The van der Waals surface area contributed by atoms with Crippen LogP contribution in [0.5, 0.6) is 0 Å². The van der Waals surface area contributed by atoms with Crippen LogP contribution in [-0.2, 0) is 24.9 Å².